The zero-order valence-corrected chi connectivity index (χ0v) is 9.91. The average Bonchev–Trinajstić information content (AvgIpc) is 2.20. The van der Waals surface area contributed by atoms with Gasteiger partial charge in [-0.3, -0.25) is 0 Å². The van der Waals surface area contributed by atoms with E-state index in [4.69, 9.17) is 5.73 Å². The minimum Gasteiger partial charge on any atom is -0.395 e. The molecule has 16 heavy (non-hydrogen) atoms. The van der Waals surface area contributed by atoms with Crippen molar-refractivity contribution in [2.45, 2.75) is 20.3 Å². The predicted molar refractivity (Wildman–Crippen MR) is 66.0 cm³/mol. The van der Waals surface area contributed by atoms with E-state index in [1.807, 2.05) is 6.07 Å². The molecule has 3 heteroatoms. The second kappa shape index (κ2) is 4.32. The highest BCUT2D eigenvalue weighted by molar-refractivity contribution is 5.68. The second-order valence-corrected chi connectivity index (χ2v) is 5.02. The van der Waals surface area contributed by atoms with E-state index in [1.165, 1.54) is 12.5 Å². The van der Waals surface area contributed by atoms with E-state index < -0.39 is 0 Å². The fourth-order valence-corrected chi connectivity index (χ4v) is 2.66. The summed E-state index contributed by atoms with van der Waals surface area (Å²) in [5, 5.41) is 0. The monoisotopic (exact) mass is 222 g/mol. The molecule has 1 aliphatic heterocycles. The van der Waals surface area contributed by atoms with Gasteiger partial charge in [-0.05, 0) is 30.4 Å². The van der Waals surface area contributed by atoms with Gasteiger partial charge in [0.15, 0.2) is 0 Å². The van der Waals surface area contributed by atoms with Crippen molar-refractivity contribution in [1.29, 1.82) is 0 Å². The lowest BCUT2D eigenvalue weighted by Gasteiger charge is -2.37. The summed E-state index contributed by atoms with van der Waals surface area (Å²) in [5.74, 6) is 0.973. The maximum Gasteiger partial charge on any atom is 0.148 e. The Morgan fingerprint density at radius 2 is 1.88 bits per heavy atom. The first-order chi connectivity index (χ1) is 7.58. The fraction of sp³-hybridized carbons (Fsp3) is 0.538. The van der Waals surface area contributed by atoms with Crippen LogP contribution in [-0.2, 0) is 0 Å². The average molecular weight is 222 g/mol. The lowest BCUT2D eigenvalue weighted by molar-refractivity contribution is 0.357. The van der Waals surface area contributed by atoms with Crippen LogP contribution < -0.4 is 10.6 Å². The van der Waals surface area contributed by atoms with E-state index in [9.17, 15) is 4.39 Å². The Labute approximate surface area is 96.2 Å². The summed E-state index contributed by atoms with van der Waals surface area (Å²) in [6.07, 6.45) is 1.24. The molecule has 2 nitrogen and oxygen atoms in total. The van der Waals surface area contributed by atoms with Crippen LogP contribution in [-0.4, -0.2) is 13.1 Å². The van der Waals surface area contributed by atoms with Crippen molar-refractivity contribution in [3.8, 4) is 0 Å². The summed E-state index contributed by atoms with van der Waals surface area (Å²) in [4.78, 5) is 2.21. The molecule has 1 heterocycles. The first-order valence-electron chi connectivity index (χ1n) is 5.87. The lowest BCUT2D eigenvalue weighted by Crippen LogP contribution is -2.39. The van der Waals surface area contributed by atoms with Gasteiger partial charge in [-0.25, -0.2) is 4.39 Å². The number of hydrogen-bond donors (Lipinski definition) is 1. The van der Waals surface area contributed by atoms with E-state index in [0.29, 0.717) is 11.8 Å². The number of halogens is 1. The molecule has 0 radical (unpaired) electrons. The highest BCUT2D eigenvalue weighted by atomic mass is 19.1. The van der Waals surface area contributed by atoms with Crippen LogP contribution >= 0.6 is 0 Å². The maximum atomic E-state index is 13.4. The van der Waals surface area contributed by atoms with Crippen molar-refractivity contribution in [2.75, 3.05) is 23.7 Å². The van der Waals surface area contributed by atoms with Crippen LogP contribution in [0.15, 0.2) is 18.2 Å². The van der Waals surface area contributed by atoms with Gasteiger partial charge < -0.3 is 10.6 Å². The molecule has 0 aliphatic carbocycles. The number of hydrogen-bond acceptors (Lipinski definition) is 2. The van der Waals surface area contributed by atoms with Crippen LogP contribution in [0.5, 0.6) is 0 Å². The summed E-state index contributed by atoms with van der Waals surface area (Å²) < 4.78 is 13.4. The number of nitrogens with two attached hydrogens (primary N) is 1. The molecular weight excluding hydrogens is 203 g/mol. The smallest absolute Gasteiger partial charge is 0.148 e. The number of para-hydroxylation sites is 1. The van der Waals surface area contributed by atoms with E-state index >= 15 is 0 Å². The number of rotatable bonds is 1. The zero-order chi connectivity index (χ0) is 11.7. The minimum absolute atomic E-state index is 0.281. The molecule has 2 unspecified atom stereocenters. The van der Waals surface area contributed by atoms with Crippen LogP contribution in [0, 0.1) is 17.7 Å². The molecule has 0 spiro atoms. The van der Waals surface area contributed by atoms with Crippen molar-refractivity contribution >= 4 is 11.4 Å². The van der Waals surface area contributed by atoms with E-state index in [0.717, 1.165) is 18.8 Å². The second-order valence-electron chi connectivity index (χ2n) is 5.02. The van der Waals surface area contributed by atoms with Gasteiger partial charge in [-0.15, -0.1) is 0 Å². The van der Waals surface area contributed by atoms with Crippen molar-refractivity contribution in [3.63, 3.8) is 0 Å². The van der Waals surface area contributed by atoms with Crippen molar-refractivity contribution in [2.24, 2.45) is 11.8 Å². The maximum absolute atomic E-state index is 13.4. The number of nitrogen functional groups attached to an aromatic ring is 1. The van der Waals surface area contributed by atoms with Gasteiger partial charge in [0.2, 0.25) is 0 Å². The van der Waals surface area contributed by atoms with Crippen LogP contribution in [0.25, 0.3) is 0 Å². The molecule has 2 rings (SSSR count). The van der Waals surface area contributed by atoms with Crippen LogP contribution in [0.4, 0.5) is 15.8 Å². The first-order valence-corrected chi connectivity index (χ1v) is 5.87. The molecule has 88 valence electrons. The molecule has 0 bridgehead atoms. The number of nitrogens with zero attached hydrogens (tertiary/aromatic N) is 1. The number of benzene rings is 1. The van der Waals surface area contributed by atoms with Crippen molar-refractivity contribution in [3.05, 3.63) is 24.0 Å². The summed E-state index contributed by atoms with van der Waals surface area (Å²) >= 11 is 0. The van der Waals surface area contributed by atoms with Gasteiger partial charge in [0.1, 0.15) is 5.82 Å². The van der Waals surface area contributed by atoms with Gasteiger partial charge in [0.25, 0.3) is 0 Å². The van der Waals surface area contributed by atoms with Crippen molar-refractivity contribution < 1.29 is 4.39 Å². The third-order valence-electron chi connectivity index (χ3n) is 3.24. The zero-order valence-electron chi connectivity index (χ0n) is 9.91. The molecule has 1 aliphatic rings. The highest BCUT2D eigenvalue weighted by Gasteiger charge is 2.23. The summed E-state index contributed by atoms with van der Waals surface area (Å²) in [6.45, 7) is 6.41. The molecule has 1 aromatic rings. The Morgan fingerprint density at radius 1 is 1.25 bits per heavy atom. The first kappa shape index (κ1) is 11.2. The fourth-order valence-electron chi connectivity index (χ4n) is 2.66. The molecule has 1 aromatic carbocycles. The molecule has 2 N–H and O–H groups in total. The van der Waals surface area contributed by atoms with Gasteiger partial charge in [0, 0.05) is 13.1 Å². The van der Waals surface area contributed by atoms with Crippen LogP contribution in [0.2, 0.25) is 0 Å². The minimum atomic E-state index is -0.316. The molecule has 0 amide bonds. The molecule has 2 atom stereocenters. The predicted octanol–water partition coefficient (Wildman–Crippen LogP) is 2.89. The lowest BCUT2D eigenvalue weighted by atomic mass is 9.91. The van der Waals surface area contributed by atoms with Crippen molar-refractivity contribution in [1.82, 2.24) is 0 Å². The summed E-state index contributed by atoms with van der Waals surface area (Å²) in [6, 6.07) is 5.05. The van der Waals surface area contributed by atoms with E-state index in [-0.39, 0.29) is 11.5 Å². The normalized spacial score (nSPS) is 25.8. The van der Waals surface area contributed by atoms with E-state index in [1.54, 1.807) is 6.07 Å². The SMILES string of the molecule is CC1CC(C)CN(c2cccc(F)c2N)C1. The Balaban J connectivity index is 2.26. The largest absolute Gasteiger partial charge is 0.395 e. The Bertz CT molecular complexity index is 368. The van der Waals surface area contributed by atoms with Gasteiger partial charge in [-0.2, -0.15) is 0 Å². The molecule has 0 aromatic heterocycles. The molecular formula is C13H19FN2. The Kier molecular flexibility index (Phi) is 3.03. The van der Waals surface area contributed by atoms with Crippen LogP contribution in [0.1, 0.15) is 20.3 Å². The van der Waals surface area contributed by atoms with Crippen LogP contribution in [0.3, 0.4) is 0 Å². The van der Waals surface area contributed by atoms with Gasteiger partial charge in [0.05, 0.1) is 11.4 Å². The number of piperidine rings is 1. The topological polar surface area (TPSA) is 29.3 Å². The Hall–Kier alpha value is -1.25. The standard InChI is InChI=1S/C13H19FN2/c1-9-6-10(2)8-16(7-9)12-5-3-4-11(14)13(12)15/h3-5,9-10H,6-8,15H2,1-2H3. The number of anilines is 2. The molecule has 1 saturated heterocycles. The van der Waals surface area contributed by atoms with E-state index in [2.05, 4.69) is 18.7 Å². The molecule has 0 saturated carbocycles. The third-order valence-corrected chi connectivity index (χ3v) is 3.24. The molecule has 1 fully saturated rings. The summed E-state index contributed by atoms with van der Waals surface area (Å²) in [7, 11) is 0. The van der Waals surface area contributed by atoms with Gasteiger partial charge >= 0.3 is 0 Å². The van der Waals surface area contributed by atoms with Gasteiger partial charge in [-0.1, -0.05) is 19.9 Å². The third kappa shape index (κ3) is 2.13. The Morgan fingerprint density at radius 3 is 2.50 bits per heavy atom. The quantitative estimate of drug-likeness (QED) is 0.740. The summed E-state index contributed by atoms with van der Waals surface area (Å²) in [5.41, 5.74) is 6.91. The highest BCUT2D eigenvalue weighted by Crippen LogP contribution is 2.31.